The van der Waals surface area contributed by atoms with Gasteiger partial charge in [-0.15, -0.1) is 10.2 Å². The van der Waals surface area contributed by atoms with Crippen molar-refractivity contribution in [3.63, 3.8) is 0 Å². The van der Waals surface area contributed by atoms with E-state index in [1.54, 1.807) is 0 Å². The lowest BCUT2D eigenvalue weighted by atomic mass is 10.2. The molecule has 10 heteroatoms. The molecule has 0 aliphatic carbocycles. The van der Waals surface area contributed by atoms with E-state index in [0.717, 1.165) is 29.2 Å². The smallest absolute Gasteiger partial charge is 0.313 e. The maximum atomic E-state index is 13.5. The Bertz CT molecular complexity index is 672. The molecule has 1 heterocycles. The van der Waals surface area contributed by atoms with E-state index in [4.69, 9.17) is 5.11 Å². The topological polar surface area (TPSA) is 112 Å². The average Bonchev–Trinajstić information content (AvgIpc) is 2.83. The number of thioether (sulfide) groups is 1. The minimum absolute atomic E-state index is 0.0792. The van der Waals surface area contributed by atoms with Gasteiger partial charge < -0.3 is 10.2 Å². The van der Waals surface area contributed by atoms with Crippen molar-refractivity contribution in [1.29, 1.82) is 0 Å². The second-order valence-electron chi connectivity index (χ2n) is 3.64. The third-order valence-electron chi connectivity index (χ3n) is 2.16. The van der Waals surface area contributed by atoms with Gasteiger partial charge in [-0.05, 0) is 12.1 Å². The van der Waals surface area contributed by atoms with Gasteiger partial charge in [0.25, 0.3) is 5.91 Å². The number of phenolic OH excluding ortho intramolecular Hbond substituents is 1. The van der Waals surface area contributed by atoms with Crippen LogP contribution in [-0.4, -0.2) is 38.0 Å². The zero-order valence-corrected chi connectivity index (χ0v) is 11.9. The molecule has 0 unspecified atom stereocenters. The van der Waals surface area contributed by atoms with Crippen LogP contribution in [0.15, 0.2) is 22.5 Å². The summed E-state index contributed by atoms with van der Waals surface area (Å²) >= 11 is 1.90. The van der Waals surface area contributed by atoms with Crippen LogP contribution in [0.2, 0.25) is 0 Å². The van der Waals surface area contributed by atoms with Gasteiger partial charge in [0.15, 0.2) is 4.34 Å². The van der Waals surface area contributed by atoms with Gasteiger partial charge in [0.2, 0.25) is 5.13 Å². The Hall–Kier alpha value is -2.20. The standard InChI is InChI=1S/C11H8FN3O4S2/c12-5-2-1-3-6(16)8(5)9(19)13-10-14-15-11(21-10)20-4-7(17)18/h1-3,16H,4H2,(H,17,18)(H,13,14,19). The number of hydrogen-bond donors (Lipinski definition) is 3. The number of carbonyl (C=O) groups is 2. The molecule has 2 rings (SSSR count). The van der Waals surface area contributed by atoms with Crippen molar-refractivity contribution in [3.8, 4) is 5.75 Å². The summed E-state index contributed by atoms with van der Waals surface area (Å²) in [6.45, 7) is 0. The van der Waals surface area contributed by atoms with Crippen molar-refractivity contribution in [2.45, 2.75) is 4.34 Å². The van der Waals surface area contributed by atoms with Gasteiger partial charge in [-0.1, -0.05) is 29.2 Å². The van der Waals surface area contributed by atoms with Crippen LogP contribution in [-0.2, 0) is 4.79 Å². The quantitative estimate of drug-likeness (QED) is 0.566. The monoisotopic (exact) mass is 329 g/mol. The molecule has 1 aromatic carbocycles. The molecule has 7 nitrogen and oxygen atoms in total. The Morgan fingerprint density at radius 2 is 2.14 bits per heavy atom. The number of halogens is 1. The first-order valence-electron chi connectivity index (χ1n) is 5.44. The number of aromatic hydroxyl groups is 1. The molecular formula is C11H8FN3O4S2. The van der Waals surface area contributed by atoms with Crippen molar-refractivity contribution in [3.05, 3.63) is 29.6 Å². The summed E-state index contributed by atoms with van der Waals surface area (Å²) in [5.41, 5.74) is -0.493. The van der Waals surface area contributed by atoms with E-state index in [-0.39, 0.29) is 10.9 Å². The minimum Gasteiger partial charge on any atom is -0.507 e. The summed E-state index contributed by atoms with van der Waals surface area (Å²) in [5, 5.41) is 27.7. The highest BCUT2D eigenvalue weighted by atomic mass is 32.2. The predicted molar refractivity (Wildman–Crippen MR) is 74.3 cm³/mol. The Morgan fingerprint density at radius 3 is 2.81 bits per heavy atom. The highest BCUT2D eigenvalue weighted by molar-refractivity contribution is 8.01. The molecule has 0 spiro atoms. The first-order valence-corrected chi connectivity index (χ1v) is 7.24. The summed E-state index contributed by atoms with van der Waals surface area (Å²) in [4.78, 5) is 22.3. The van der Waals surface area contributed by atoms with E-state index in [9.17, 15) is 19.1 Å². The van der Waals surface area contributed by atoms with E-state index < -0.39 is 29.0 Å². The average molecular weight is 329 g/mol. The van der Waals surface area contributed by atoms with Gasteiger partial charge in [-0.2, -0.15) is 0 Å². The number of benzene rings is 1. The van der Waals surface area contributed by atoms with Crippen molar-refractivity contribution < 1.29 is 24.2 Å². The highest BCUT2D eigenvalue weighted by Crippen LogP contribution is 2.27. The van der Waals surface area contributed by atoms with Gasteiger partial charge in [0.05, 0.1) is 5.75 Å². The fourth-order valence-corrected chi connectivity index (χ4v) is 2.81. The molecule has 110 valence electrons. The van der Waals surface area contributed by atoms with Crippen LogP contribution in [0, 0.1) is 5.82 Å². The SMILES string of the molecule is O=C(O)CSc1nnc(NC(=O)c2c(O)cccc2F)s1. The van der Waals surface area contributed by atoms with Gasteiger partial charge >= 0.3 is 5.97 Å². The zero-order chi connectivity index (χ0) is 15.4. The number of anilines is 1. The summed E-state index contributed by atoms with van der Waals surface area (Å²) in [6, 6.07) is 3.50. The molecule has 2 aromatic rings. The normalized spacial score (nSPS) is 10.3. The van der Waals surface area contributed by atoms with Crippen molar-refractivity contribution in [2.24, 2.45) is 0 Å². The van der Waals surface area contributed by atoms with Gasteiger partial charge in [0.1, 0.15) is 17.1 Å². The number of nitrogens with zero attached hydrogens (tertiary/aromatic N) is 2. The molecule has 0 saturated heterocycles. The Morgan fingerprint density at radius 1 is 1.38 bits per heavy atom. The summed E-state index contributed by atoms with van der Waals surface area (Å²) in [7, 11) is 0. The molecule has 3 N–H and O–H groups in total. The molecule has 0 radical (unpaired) electrons. The lowest BCUT2D eigenvalue weighted by Crippen LogP contribution is -2.13. The van der Waals surface area contributed by atoms with Crippen LogP contribution in [0.5, 0.6) is 5.75 Å². The van der Waals surface area contributed by atoms with Crippen LogP contribution in [0.4, 0.5) is 9.52 Å². The molecule has 0 bridgehead atoms. The summed E-state index contributed by atoms with van der Waals surface area (Å²) in [5.74, 6) is -3.40. The number of carboxylic acids is 1. The lowest BCUT2D eigenvalue weighted by molar-refractivity contribution is -0.133. The lowest BCUT2D eigenvalue weighted by Gasteiger charge is -2.04. The third-order valence-corrected chi connectivity index (χ3v) is 4.12. The van der Waals surface area contributed by atoms with E-state index in [2.05, 4.69) is 15.5 Å². The molecule has 21 heavy (non-hydrogen) atoms. The second-order valence-corrected chi connectivity index (χ2v) is 5.84. The van der Waals surface area contributed by atoms with Gasteiger partial charge in [-0.25, -0.2) is 4.39 Å². The number of aromatic nitrogens is 2. The highest BCUT2D eigenvalue weighted by Gasteiger charge is 2.18. The first kappa shape index (κ1) is 15.2. The summed E-state index contributed by atoms with van der Waals surface area (Å²) < 4.78 is 13.8. The molecule has 0 aliphatic heterocycles. The van der Waals surface area contributed by atoms with Crippen LogP contribution < -0.4 is 5.32 Å². The van der Waals surface area contributed by atoms with Crippen LogP contribution in [0.1, 0.15) is 10.4 Å². The zero-order valence-electron chi connectivity index (χ0n) is 10.2. The third kappa shape index (κ3) is 3.89. The maximum absolute atomic E-state index is 13.5. The van der Waals surface area contributed by atoms with E-state index in [1.807, 2.05) is 0 Å². The largest absolute Gasteiger partial charge is 0.507 e. The molecular weight excluding hydrogens is 321 g/mol. The van der Waals surface area contributed by atoms with E-state index >= 15 is 0 Å². The van der Waals surface area contributed by atoms with Crippen LogP contribution in [0.25, 0.3) is 0 Å². The number of nitrogens with one attached hydrogen (secondary N) is 1. The van der Waals surface area contributed by atoms with Crippen molar-refractivity contribution in [1.82, 2.24) is 10.2 Å². The van der Waals surface area contributed by atoms with Crippen LogP contribution in [0.3, 0.4) is 0 Å². The van der Waals surface area contributed by atoms with Crippen LogP contribution >= 0.6 is 23.1 Å². The Kier molecular flexibility index (Phi) is 4.70. The van der Waals surface area contributed by atoms with Gasteiger partial charge in [-0.3, -0.25) is 14.9 Å². The fourth-order valence-electron chi connectivity index (χ4n) is 1.34. The first-order chi connectivity index (χ1) is 9.97. The summed E-state index contributed by atoms with van der Waals surface area (Å²) in [6.07, 6.45) is 0. The number of carbonyl (C=O) groups excluding carboxylic acids is 1. The molecule has 1 amide bonds. The molecule has 0 atom stereocenters. The van der Waals surface area contributed by atoms with Gasteiger partial charge in [0, 0.05) is 0 Å². The second kappa shape index (κ2) is 6.50. The number of amides is 1. The predicted octanol–water partition coefficient (Wildman–Crippen LogP) is 1.81. The molecule has 0 saturated carbocycles. The number of carboxylic acid groups (broad SMARTS) is 1. The molecule has 1 aromatic heterocycles. The molecule has 0 fully saturated rings. The minimum atomic E-state index is -1.00. The maximum Gasteiger partial charge on any atom is 0.313 e. The number of hydrogen-bond acceptors (Lipinski definition) is 7. The van der Waals surface area contributed by atoms with Crippen molar-refractivity contribution >= 4 is 40.1 Å². The van der Waals surface area contributed by atoms with E-state index in [1.165, 1.54) is 12.1 Å². The number of rotatable bonds is 5. The fraction of sp³-hybridized carbons (Fsp3) is 0.0909. The molecule has 0 aliphatic rings. The Labute approximate surface area is 125 Å². The number of aliphatic carboxylic acids is 1. The number of phenols is 1. The Balaban J connectivity index is 2.08. The van der Waals surface area contributed by atoms with Crippen molar-refractivity contribution in [2.75, 3.05) is 11.1 Å². The van der Waals surface area contributed by atoms with E-state index in [0.29, 0.717) is 4.34 Å².